The van der Waals surface area contributed by atoms with Crippen molar-refractivity contribution in [3.63, 3.8) is 0 Å². The van der Waals surface area contributed by atoms with E-state index in [0.717, 1.165) is 55.3 Å². The van der Waals surface area contributed by atoms with Crippen molar-refractivity contribution in [3.05, 3.63) is 387 Å². The lowest BCUT2D eigenvalue weighted by atomic mass is 9.92. The summed E-state index contributed by atoms with van der Waals surface area (Å²) in [5, 5.41) is 14.5. The van der Waals surface area contributed by atoms with E-state index < -0.39 is 23.5 Å². The second-order valence-corrected chi connectivity index (χ2v) is 30.1. The van der Waals surface area contributed by atoms with E-state index >= 15 is 26.3 Å². The van der Waals surface area contributed by atoms with Crippen LogP contribution in [-0.2, 0) is 12.4 Å². The van der Waals surface area contributed by atoms with Crippen LogP contribution < -0.4 is 0 Å². The predicted octanol–water partition coefficient (Wildman–Crippen LogP) is 25.9. The molecule has 6 heterocycles. The Balaban J connectivity index is 0.817. The van der Waals surface area contributed by atoms with Gasteiger partial charge in [-0.3, -0.25) is 0 Å². The Kier molecular flexibility index (Phi) is 19.1. The van der Waals surface area contributed by atoms with E-state index in [1.54, 1.807) is 18.2 Å². The van der Waals surface area contributed by atoms with Crippen LogP contribution in [0.2, 0.25) is 0 Å². The zero-order chi connectivity index (χ0) is 85.2. The number of rotatable bonds is 16. The van der Waals surface area contributed by atoms with E-state index in [0.29, 0.717) is 148 Å². The van der Waals surface area contributed by atoms with E-state index in [9.17, 15) is 5.26 Å². The van der Waals surface area contributed by atoms with Gasteiger partial charge >= 0.3 is 12.4 Å². The number of hydrogen-bond acceptors (Lipinski definition) is 13. The van der Waals surface area contributed by atoms with E-state index in [1.165, 1.54) is 6.07 Å². The summed E-state index contributed by atoms with van der Waals surface area (Å²) in [5.74, 6) is 4.94. The van der Waals surface area contributed by atoms with Crippen LogP contribution in [0, 0.1) is 11.3 Å². The monoisotopic (exact) mass is 1650 g/mol. The molecule has 0 N–H and O–H groups in total. The predicted molar refractivity (Wildman–Crippen MR) is 479 cm³/mol. The molecular weight excluding hydrogens is 1590 g/mol. The maximum Gasteiger partial charge on any atom is 0.416 e. The van der Waals surface area contributed by atoms with Crippen LogP contribution in [0.3, 0.4) is 0 Å². The van der Waals surface area contributed by atoms with E-state index in [-0.39, 0.29) is 33.9 Å². The third-order valence-electron chi connectivity index (χ3n) is 22.2. The summed E-state index contributed by atoms with van der Waals surface area (Å²) >= 11 is 0. The first kappa shape index (κ1) is 76.4. The number of halogens is 6. The Labute approximate surface area is 715 Å². The molecule has 0 fully saturated rings. The highest BCUT2D eigenvalue weighted by atomic mass is 19.4. The molecule has 0 aliphatic carbocycles. The molecule has 0 spiro atoms. The Morgan fingerprint density at radius 3 is 0.706 bits per heavy atom. The van der Waals surface area contributed by atoms with Crippen molar-refractivity contribution < 1.29 is 26.3 Å². The van der Waals surface area contributed by atoms with Gasteiger partial charge in [0.25, 0.3) is 0 Å². The van der Waals surface area contributed by atoms with Crippen molar-refractivity contribution in [2.24, 2.45) is 0 Å². The number of nitrogens with zero attached hydrogens (tertiary/aromatic N) is 15. The lowest BCUT2D eigenvalue weighted by Crippen LogP contribution is -2.11. The fourth-order valence-corrected chi connectivity index (χ4v) is 16.1. The minimum Gasteiger partial charge on any atom is -0.309 e. The zero-order valence-corrected chi connectivity index (χ0v) is 66.2. The molecule has 0 amide bonds. The van der Waals surface area contributed by atoms with Crippen LogP contribution in [-0.4, -0.2) is 68.9 Å². The zero-order valence-electron chi connectivity index (χ0n) is 66.2. The van der Waals surface area contributed by atoms with Crippen LogP contribution in [0.1, 0.15) is 16.7 Å². The quantitative estimate of drug-likeness (QED) is 0.0832. The molecule has 21 heteroatoms. The lowest BCUT2D eigenvalue weighted by molar-refractivity contribution is -0.143. The Morgan fingerprint density at radius 1 is 0.206 bits per heavy atom. The van der Waals surface area contributed by atoms with Gasteiger partial charge in [-0.25, -0.2) is 59.8 Å². The molecule has 0 saturated heterocycles. The average Bonchev–Trinajstić information content (AvgIpc) is 1.57. The highest BCUT2D eigenvalue weighted by Crippen LogP contribution is 2.47. The van der Waals surface area contributed by atoms with Gasteiger partial charge in [0.15, 0.2) is 69.9 Å². The van der Waals surface area contributed by atoms with E-state index in [4.69, 9.17) is 59.8 Å². The number of nitriles is 1. The fourth-order valence-electron chi connectivity index (χ4n) is 16.1. The van der Waals surface area contributed by atoms with Crippen molar-refractivity contribution >= 4 is 43.6 Å². The molecule has 0 atom stereocenters. The van der Waals surface area contributed by atoms with Crippen LogP contribution >= 0.6 is 0 Å². The van der Waals surface area contributed by atoms with Gasteiger partial charge in [0.2, 0.25) is 0 Å². The lowest BCUT2D eigenvalue weighted by Gasteiger charge is -2.19. The number of aromatic nitrogens is 14. The normalized spacial score (nSPS) is 11.7. The van der Waals surface area contributed by atoms with Crippen LogP contribution in [0.25, 0.3) is 214 Å². The summed E-state index contributed by atoms with van der Waals surface area (Å²) in [6.45, 7) is 0. The van der Waals surface area contributed by atoms with Gasteiger partial charge in [-0.2, -0.15) is 31.6 Å². The fraction of sp³-hybridized carbons (Fsp3) is 0.0190. The van der Waals surface area contributed by atoms with Crippen molar-refractivity contribution in [1.29, 1.82) is 5.26 Å². The molecule has 0 bridgehead atoms. The standard InChI is InChI=1S/C105H61F6N15/c106-104(107,108)78-53-77(54-79(60-78)105(109,110)111)71-42-48-89(126-90-51-45-74(102-121-96(67-33-17-5-18-34-67)115-97(122-102)68-35-19-6-20-36-68)58-85(90)86-59-75(46-52-91(86)126)103-123-98(69-37-21-7-22-38-69)116-99(124-103)70-39-23-8-24-40-70)82(55-71)81-61-80(47-41-76(81)62-112)125-87-49-43-72(100-117-92(63-25-9-1-10-26-63)113-93(118-100)64-27-11-2-12-28-64)56-83(87)84-57-73(44-50-88(84)125)101-119-94(65-29-13-3-14-30-65)114-95(120-101)66-31-15-4-16-32-66/h1-61H. The van der Waals surface area contributed by atoms with Gasteiger partial charge < -0.3 is 9.13 Å². The number of alkyl halides is 6. The summed E-state index contributed by atoms with van der Waals surface area (Å²) in [5.41, 5.74) is 9.17. The number of benzene rings is 15. The largest absolute Gasteiger partial charge is 0.416 e. The van der Waals surface area contributed by atoms with Gasteiger partial charge in [0, 0.05) is 105 Å². The summed E-state index contributed by atoms with van der Waals surface area (Å²) in [6.07, 6.45) is -10.4. The second-order valence-electron chi connectivity index (χ2n) is 30.1. The SMILES string of the molecule is N#Cc1ccc(-n2c3ccc(-c4nc(-c5ccccc5)nc(-c5ccccc5)n4)cc3c3cc(-c4nc(-c5ccccc5)nc(-c5ccccc5)n4)ccc32)cc1-c1cc(-c2cc(C(F)(F)F)cc(C(F)(F)F)c2)ccc1-n1c2ccc(-c3nc(-c4ccccc4)nc(-c4ccccc4)n3)cc2c2cc(-c3nc(-c4ccccc4)nc(-c4ccccc4)n3)ccc21. The Bertz CT molecular complexity index is 7220. The molecule has 0 aliphatic heterocycles. The molecule has 0 saturated carbocycles. The molecule has 15 nitrogen and oxygen atoms in total. The minimum atomic E-state index is -5.20. The molecule has 21 aromatic rings. The van der Waals surface area contributed by atoms with Gasteiger partial charge in [-0.05, 0) is 132 Å². The Morgan fingerprint density at radius 2 is 0.452 bits per heavy atom. The summed E-state index contributed by atoms with van der Waals surface area (Å²) in [6, 6.07) is 115. The van der Waals surface area contributed by atoms with Crippen molar-refractivity contribution in [2.45, 2.75) is 12.4 Å². The molecule has 15 aromatic carbocycles. The Hall–Kier alpha value is -17.0. The molecule has 21 rings (SSSR count). The second kappa shape index (κ2) is 31.5. The molecule has 598 valence electrons. The maximum absolute atomic E-state index is 15.2. The molecule has 0 unspecified atom stereocenters. The van der Waals surface area contributed by atoms with Gasteiger partial charge in [0.1, 0.15) is 0 Å². The van der Waals surface area contributed by atoms with Gasteiger partial charge in [-0.1, -0.05) is 249 Å². The van der Waals surface area contributed by atoms with Crippen LogP contribution in [0.5, 0.6) is 0 Å². The molecular formula is C105H61F6N15. The van der Waals surface area contributed by atoms with E-state index in [1.807, 2.05) is 332 Å². The maximum atomic E-state index is 15.2. The molecule has 126 heavy (non-hydrogen) atoms. The minimum absolute atomic E-state index is 0.0215. The van der Waals surface area contributed by atoms with Crippen molar-refractivity contribution in [1.82, 2.24) is 68.9 Å². The van der Waals surface area contributed by atoms with Crippen molar-refractivity contribution in [2.75, 3.05) is 0 Å². The average molecular weight is 1650 g/mol. The molecule has 0 aliphatic rings. The highest BCUT2D eigenvalue weighted by molar-refractivity contribution is 6.14. The summed E-state index contributed by atoms with van der Waals surface area (Å²) < 4.78 is 95.2. The van der Waals surface area contributed by atoms with Crippen LogP contribution in [0.4, 0.5) is 26.3 Å². The first-order valence-corrected chi connectivity index (χ1v) is 40.3. The smallest absolute Gasteiger partial charge is 0.309 e. The highest BCUT2D eigenvalue weighted by Gasteiger charge is 2.38. The molecule has 6 aromatic heterocycles. The third kappa shape index (κ3) is 14.6. The number of fused-ring (bicyclic) bond motifs is 6. The van der Waals surface area contributed by atoms with Gasteiger partial charge in [-0.15, -0.1) is 0 Å². The number of hydrogen-bond donors (Lipinski definition) is 0. The topological polar surface area (TPSA) is 188 Å². The van der Waals surface area contributed by atoms with Crippen LogP contribution in [0.15, 0.2) is 370 Å². The first-order chi connectivity index (χ1) is 61.6. The van der Waals surface area contributed by atoms with E-state index in [2.05, 4.69) is 10.6 Å². The first-order valence-electron chi connectivity index (χ1n) is 40.3. The summed E-state index contributed by atoms with van der Waals surface area (Å²) in [4.78, 5) is 61.3. The van der Waals surface area contributed by atoms with Gasteiger partial charge in [0.05, 0.1) is 50.5 Å². The summed E-state index contributed by atoms with van der Waals surface area (Å²) in [7, 11) is 0. The third-order valence-corrected chi connectivity index (χ3v) is 22.2. The van der Waals surface area contributed by atoms with Crippen molar-refractivity contribution in [3.8, 4) is 176 Å². The molecule has 0 radical (unpaired) electrons.